The van der Waals surface area contributed by atoms with Crippen LogP contribution in [0.4, 0.5) is 21.0 Å². The van der Waals surface area contributed by atoms with Gasteiger partial charge in [-0.25, -0.2) is 14.5 Å². The van der Waals surface area contributed by atoms with E-state index in [0.717, 1.165) is 4.90 Å². The van der Waals surface area contributed by atoms with E-state index in [4.69, 9.17) is 4.52 Å². The molecule has 3 rings (SSSR count). The van der Waals surface area contributed by atoms with Gasteiger partial charge in [0.2, 0.25) is 5.89 Å². The molecule has 1 atom stereocenters. The molecule has 1 aromatic heterocycles. The molecule has 10 nitrogen and oxygen atoms in total. The number of amides is 5. The Hall–Kier alpha value is -3.43. The minimum atomic E-state index is -0.467. The Morgan fingerprint density at radius 2 is 2.15 bits per heavy atom. The molecule has 0 aliphatic carbocycles. The summed E-state index contributed by atoms with van der Waals surface area (Å²) in [5, 5.41) is 9.16. The number of aromatic nitrogens is 2. The van der Waals surface area contributed by atoms with Crippen molar-refractivity contribution in [2.24, 2.45) is 0 Å². The number of imide groups is 1. The SMILES string of the molecule is CC[C@@H](NC(=O)Nc1cccc(N2C(=O)CN(C)C2=O)c1)c1nc(C)no1. The van der Waals surface area contributed by atoms with Crippen LogP contribution in [-0.4, -0.2) is 46.6 Å². The molecular formula is C17H20N6O4. The number of hydrogen-bond donors (Lipinski definition) is 2. The molecule has 1 aliphatic heterocycles. The predicted molar refractivity (Wildman–Crippen MR) is 96.2 cm³/mol. The number of carbonyl (C=O) groups excluding carboxylic acids is 3. The van der Waals surface area contributed by atoms with Gasteiger partial charge in [0, 0.05) is 12.7 Å². The van der Waals surface area contributed by atoms with Gasteiger partial charge < -0.3 is 20.1 Å². The number of urea groups is 2. The zero-order valence-electron chi connectivity index (χ0n) is 15.2. The number of benzene rings is 1. The highest BCUT2D eigenvalue weighted by Gasteiger charge is 2.34. The van der Waals surface area contributed by atoms with Crippen LogP contribution in [0.25, 0.3) is 0 Å². The van der Waals surface area contributed by atoms with Gasteiger partial charge in [-0.3, -0.25) is 4.79 Å². The maximum absolute atomic E-state index is 12.3. The van der Waals surface area contributed by atoms with E-state index in [-0.39, 0.29) is 12.5 Å². The van der Waals surface area contributed by atoms with E-state index in [0.29, 0.717) is 29.5 Å². The first-order chi connectivity index (χ1) is 12.9. The number of nitrogens with one attached hydrogen (secondary N) is 2. The lowest BCUT2D eigenvalue weighted by Crippen LogP contribution is -2.33. The Balaban J connectivity index is 1.70. The molecule has 0 saturated carbocycles. The van der Waals surface area contributed by atoms with Gasteiger partial charge in [-0.2, -0.15) is 4.98 Å². The van der Waals surface area contributed by atoms with E-state index in [9.17, 15) is 14.4 Å². The summed E-state index contributed by atoms with van der Waals surface area (Å²) < 4.78 is 5.10. The van der Waals surface area contributed by atoms with Gasteiger partial charge in [-0.15, -0.1) is 0 Å². The van der Waals surface area contributed by atoms with Gasteiger partial charge in [0.25, 0.3) is 5.91 Å². The van der Waals surface area contributed by atoms with E-state index in [2.05, 4.69) is 20.8 Å². The van der Waals surface area contributed by atoms with Crippen molar-refractivity contribution < 1.29 is 18.9 Å². The number of hydrogen-bond acceptors (Lipinski definition) is 6. The van der Waals surface area contributed by atoms with Crippen LogP contribution in [0.3, 0.4) is 0 Å². The average Bonchev–Trinajstić information content (AvgIpc) is 3.16. The molecule has 1 aliphatic rings. The summed E-state index contributed by atoms with van der Waals surface area (Å²) in [5.74, 6) is 0.500. The van der Waals surface area contributed by atoms with Crippen LogP contribution < -0.4 is 15.5 Å². The zero-order valence-corrected chi connectivity index (χ0v) is 15.2. The minimum absolute atomic E-state index is 0.0265. The summed E-state index contributed by atoms with van der Waals surface area (Å²) in [7, 11) is 1.56. The number of nitrogens with zero attached hydrogens (tertiary/aromatic N) is 4. The number of rotatable bonds is 5. The number of anilines is 2. The summed E-state index contributed by atoms with van der Waals surface area (Å²) in [4.78, 5) is 43.0. The van der Waals surface area contributed by atoms with E-state index < -0.39 is 18.1 Å². The normalized spacial score (nSPS) is 15.2. The number of likely N-dealkylation sites (N-methyl/N-ethyl adjacent to an activating group) is 1. The van der Waals surface area contributed by atoms with Crippen LogP contribution in [0.15, 0.2) is 28.8 Å². The number of carbonyl (C=O) groups is 3. The second kappa shape index (κ2) is 7.44. The first-order valence-corrected chi connectivity index (χ1v) is 8.45. The third-order valence-corrected chi connectivity index (χ3v) is 4.06. The van der Waals surface area contributed by atoms with E-state index in [1.807, 2.05) is 6.92 Å². The third kappa shape index (κ3) is 3.89. The lowest BCUT2D eigenvalue weighted by atomic mass is 10.2. The van der Waals surface area contributed by atoms with Crippen molar-refractivity contribution in [1.82, 2.24) is 20.4 Å². The van der Waals surface area contributed by atoms with Crippen molar-refractivity contribution in [3.05, 3.63) is 36.0 Å². The van der Waals surface area contributed by atoms with Crippen molar-refractivity contribution >= 4 is 29.3 Å². The van der Waals surface area contributed by atoms with Gasteiger partial charge in [0.05, 0.1) is 5.69 Å². The van der Waals surface area contributed by atoms with Gasteiger partial charge in [0.1, 0.15) is 12.6 Å². The van der Waals surface area contributed by atoms with Gasteiger partial charge in [0.15, 0.2) is 5.82 Å². The lowest BCUT2D eigenvalue weighted by Gasteiger charge is -2.16. The van der Waals surface area contributed by atoms with Crippen molar-refractivity contribution in [2.45, 2.75) is 26.3 Å². The first kappa shape index (κ1) is 18.4. The quantitative estimate of drug-likeness (QED) is 0.775. The fraction of sp³-hybridized carbons (Fsp3) is 0.353. The minimum Gasteiger partial charge on any atom is -0.337 e. The van der Waals surface area contributed by atoms with Crippen molar-refractivity contribution in [3.63, 3.8) is 0 Å². The molecule has 0 spiro atoms. The number of aryl methyl sites for hydroxylation is 1. The molecule has 27 heavy (non-hydrogen) atoms. The van der Waals surface area contributed by atoms with Crippen molar-refractivity contribution in [3.8, 4) is 0 Å². The third-order valence-electron chi connectivity index (χ3n) is 4.06. The zero-order chi connectivity index (χ0) is 19.6. The largest absolute Gasteiger partial charge is 0.337 e. The van der Waals surface area contributed by atoms with Crippen LogP contribution in [-0.2, 0) is 4.79 Å². The monoisotopic (exact) mass is 372 g/mol. The summed E-state index contributed by atoms with van der Waals surface area (Å²) in [6.45, 7) is 3.61. The highest BCUT2D eigenvalue weighted by molar-refractivity contribution is 6.19. The highest BCUT2D eigenvalue weighted by Crippen LogP contribution is 2.24. The Bertz CT molecular complexity index is 880. The van der Waals surface area contributed by atoms with E-state index in [1.165, 1.54) is 4.90 Å². The first-order valence-electron chi connectivity index (χ1n) is 8.45. The molecular weight excluding hydrogens is 352 g/mol. The van der Waals surface area contributed by atoms with Gasteiger partial charge in [-0.05, 0) is 31.5 Å². The van der Waals surface area contributed by atoms with Crippen LogP contribution in [0.5, 0.6) is 0 Å². The van der Waals surface area contributed by atoms with Crippen LogP contribution >= 0.6 is 0 Å². The van der Waals surface area contributed by atoms with E-state index >= 15 is 0 Å². The second-order valence-electron chi connectivity index (χ2n) is 6.16. The van der Waals surface area contributed by atoms with Crippen LogP contribution in [0.1, 0.15) is 31.1 Å². The summed E-state index contributed by atoms with van der Waals surface area (Å²) in [5.41, 5.74) is 0.837. The Morgan fingerprint density at radius 1 is 1.37 bits per heavy atom. The van der Waals surface area contributed by atoms with Crippen LogP contribution in [0.2, 0.25) is 0 Å². The summed E-state index contributed by atoms with van der Waals surface area (Å²) >= 11 is 0. The molecule has 0 unspecified atom stereocenters. The topological polar surface area (TPSA) is 121 Å². The average molecular weight is 372 g/mol. The molecule has 142 valence electrons. The standard InChI is InChI=1S/C17H20N6O4/c1-4-13(15-18-10(2)21-27-15)20-16(25)19-11-6-5-7-12(8-11)23-14(24)9-22(3)17(23)26/h5-8,13H,4,9H2,1-3H3,(H2,19,20,25)/t13-/m1/s1. The second-order valence-corrected chi connectivity index (χ2v) is 6.16. The smallest absolute Gasteiger partial charge is 0.331 e. The van der Waals surface area contributed by atoms with Gasteiger partial charge in [-0.1, -0.05) is 18.1 Å². The molecule has 1 fully saturated rings. The maximum atomic E-state index is 12.3. The molecule has 2 N–H and O–H groups in total. The molecule has 0 bridgehead atoms. The summed E-state index contributed by atoms with van der Waals surface area (Å²) in [6, 6.07) is 5.22. The predicted octanol–water partition coefficient (Wildman–Crippen LogP) is 2.05. The van der Waals surface area contributed by atoms with Gasteiger partial charge >= 0.3 is 12.1 Å². The molecule has 2 heterocycles. The van der Waals surface area contributed by atoms with Crippen molar-refractivity contribution in [1.29, 1.82) is 0 Å². The van der Waals surface area contributed by atoms with Crippen molar-refractivity contribution in [2.75, 3.05) is 23.8 Å². The fourth-order valence-corrected chi connectivity index (χ4v) is 2.71. The fourth-order valence-electron chi connectivity index (χ4n) is 2.71. The molecule has 1 saturated heterocycles. The Labute approximate surface area is 155 Å². The Morgan fingerprint density at radius 3 is 2.74 bits per heavy atom. The Kier molecular flexibility index (Phi) is 5.06. The summed E-state index contributed by atoms with van der Waals surface area (Å²) in [6.07, 6.45) is 0.568. The molecule has 2 aromatic rings. The highest BCUT2D eigenvalue weighted by atomic mass is 16.5. The maximum Gasteiger partial charge on any atom is 0.331 e. The molecule has 0 radical (unpaired) electrons. The van der Waals surface area contributed by atoms with E-state index in [1.54, 1.807) is 38.2 Å². The molecule has 5 amide bonds. The molecule has 10 heteroatoms. The lowest BCUT2D eigenvalue weighted by molar-refractivity contribution is -0.116. The molecule has 1 aromatic carbocycles. The van der Waals surface area contributed by atoms with Crippen LogP contribution in [0, 0.1) is 6.92 Å².